The Labute approximate surface area is 207 Å². The van der Waals surface area contributed by atoms with E-state index in [1.165, 1.54) is 27.8 Å². The van der Waals surface area contributed by atoms with Crippen LogP contribution in [0.25, 0.3) is 11.0 Å². The normalized spacial score (nSPS) is 14.4. The molecule has 1 amide bonds. The van der Waals surface area contributed by atoms with Crippen LogP contribution in [0.5, 0.6) is 0 Å². The van der Waals surface area contributed by atoms with Gasteiger partial charge in [0.15, 0.2) is 0 Å². The lowest BCUT2D eigenvalue weighted by Crippen LogP contribution is -2.41. The number of anilines is 1. The van der Waals surface area contributed by atoms with Crippen molar-refractivity contribution >= 4 is 22.9 Å². The van der Waals surface area contributed by atoms with Crippen molar-refractivity contribution < 1.29 is 4.79 Å². The molecule has 180 valence electrons. The number of aryl methyl sites for hydroxylation is 3. The first kappa shape index (κ1) is 23.2. The number of aromatic nitrogens is 2. The lowest BCUT2D eigenvalue weighted by atomic mass is 9.96. The fourth-order valence-electron chi connectivity index (χ4n) is 5.08. The van der Waals surface area contributed by atoms with Gasteiger partial charge in [-0.05, 0) is 68.0 Å². The van der Waals surface area contributed by atoms with Gasteiger partial charge in [-0.15, -0.1) is 0 Å². The maximum atomic E-state index is 12.9. The Morgan fingerprint density at radius 3 is 2.43 bits per heavy atom. The Hall–Kier alpha value is -3.60. The fourth-order valence-corrected chi connectivity index (χ4v) is 5.08. The molecule has 5 rings (SSSR count). The zero-order chi connectivity index (χ0) is 24.4. The Balaban J connectivity index is 1.31. The molecule has 0 radical (unpaired) electrons. The summed E-state index contributed by atoms with van der Waals surface area (Å²) in [5.41, 5.74) is 8.45. The van der Waals surface area contributed by atoms with E-state index in [9.17, 15) is 4.79 Å². The minimum atomic E-state index is 0.0483. The molecular formula is C30H34N4O. The first-order chi connectivity index (χ1) is 17.0. The predicted molar refractivity (Wildman–Crippen MR) is 143 cm³/mol. The molecule has 0 atom stereocenters. The third-order valence-electron chi connectivity index (χ3n) is 7.33. The van der Waals surface area contributed by atoms with E-state index in [-0.39, 0.29) is 11.8 Å². The highest BCUT2D eigenvalue weighted by molar-refractivity contribution is 5.80. The zero-order valence-corrected chi connectivity index (χ0v) is 20.9. The van der Waals surface area contributed by atoms with E-state index in [1.807, 2.05) is 18.2 Å². The van der Waals surface area contributed by atoms with Crippen LogP contribution in [0.2, 0.25) is 0 Å². The van der Waals surface area contributed by atoms with Gasteiger partial charge in [-0.1, -0.05) is 60.2 Å². The minimum Gasteiger partial charge on any atom is -0.352 e. The van der Waals surface area contributed by atoms with E-state index in [0.29, 0.717) is 6.54 Å². The number of piperidine rings is 1. The number of benzene rings is 3. The Kier molecular flexibility index (Phi) is 6.58. The maximum Gasteiger partial charge on any atom is 0.223 e. The molecule has 2 heterocycles. The molecule has 0 unspecified atom stereocenters. The first-order valence-electron chi connectivity index (χ1n) is 12.6. The smallest absolute Gasteiger partial charge is 0.223 e. The monoisotopic (exact) mass is 466 g/mol. The fraction of sp³-hybridized carbons (Fsp3) is 0.333. The second kappa shape index (κ2) is 9.95. The number of carbonyl (C=O) groups excluding carboxylic acids is 1. The van der Waals surface area contributed by atoms with Crippen LogP contribution in [0.15, 0.2) is 66.7 Å². The lowest BCUT2D eigenvalue weighted by molar-refractivity contribution is -0.125. The Morgan fingerprint density at radius 1 is 0.914 bits per heavy atom. The average molecular weight is 467 g/mol. The van der Waals surface area contributed by atoms with E-state index in [4.69, 9.17) is 4.98 Å². The van der Waals surface area contributed by atoms with Gasteiger partial charge in [-0.3, -0.25) is 4.79 Å². The van der Waals surface area contributed by atoms with Gasteiger partial charge in [0.1, 0.15) is 0 Å². The molecule has 0 bridgehead atoms. The van der Waals surface area contributed by atoms with Crippen LogP contribution >= 0.6 is 0 Å². The summed E-state index contributed by atoms with van der Waals surface area (Å²) in [4.78, 5) is 20.3. The number of imidazole rings is 1. The molecule has 35 heavy (non-hydrogen) atoms. The van der Waals surface area contributed by atoms with Gasteiger partial charge in [0, 0.05) is 25.6 Å². The van der Waals surface area contributed by atoms with Crippen LogP contribution in [0.1, 0.15) is 40.7 Å². The van der Waals surface area contributed by atoms with Crippen LogP contribution in [0.3, 0.4) is 0 Å². The van der Waals surface area contributed by atoms with Crippen LogP contribution in [0.4, 0.5) is 5.95 Å². The third-order valence-corrected chi connectivity index (χ3v) is 7.33. The van der Waals surface area contributed by atoms with Crippen molar-refractivity contribution in [2.75, 3.05) is 18.0 Å². The average Bonchev–Trinajstić information content (AvgIpc) is 3.24. The molecule has 5 heteroatoms. The third kappa shape index (κ3) is 4.95. The highest BCUT2D eigenvalue weighted by Crippen LogP contribution is 2.29. The number of hydrogen-bond acceptors (Lipinski definition) is 3. The van der Waals surface area contributed by atoms with Gasteiger partial charge < -0.3 is 14.8 Å². The Bertz CT molecular complexity index is 1350. The highest BCUT2D eigenvalue weighted by Gasteiger charge is 2.27. The van der Waals surface area contributed by atoms with E-state index >= 15 is 0 Å². The van der Waals surface area contributed by atoms with E-state index in [1.54, 1.807) is 0 Å². The molecule has 4 aromatic rings. The summed E-state index contributed by atoms with van der Waals surface area (Å²) in [5, 5.41) is 3.16. The van der Waals surface area contributed by atoms with E-state index in [2.05, 4.69) is 84.1 Å². The van der Waals surface area contributed by atoms with Crippen molar-refractivity contribution in [3.63, 3.8) is 0 Å². The molecule has 1 fully saturated rings. The van der Waals surface area contributed by atoms with Gasteiger partial charge in [-0.2, -0.15) is 0 Å². The van der Waals surface area contributed by atoms with E-state index in [0.717, 1.165) is 49.5 Å². The molecule has 1 saturated heterocycles. The summed E-state index contributed by atoms with van der Waals surface area (Å²) in [7, 11) is 0. The van der Waals surface area contributed by atoms with Crippen molar-refractivity contribution in [1.82, 2.24) is 14.9 Å². The first-order valence-corrected chi connectivity index (χ1v) is 12.6. The molecular weight excluding hydrogens is 432 g/mol. The van der Waals surface area contributed by atoms with Gasteiger partial charge in [0.25, 0.3) is 0 Å². The second-order valence-electron chi connectivity index (χ2n) is 9.82. The second-order valence-corrected chi connectivity index (χ2v) is 9.82. The zero-order valence-electron chi connectivity index (χ0n) is 20.9. The van der Waals surface area contributed by atoms with Crippen LogP contribution in [0, 0.1) is 26.7 Å². The number of amides is 1. The van der Waals surface area contributed by atoms with Crippen molar-refractivity contribution in [1.29, 1.82) is 0 Å². The number of hydrogen-bond donors (Lipinski definition) is 1. The van der Waals surface area contributed by atoms with Crippen LogP contribution in [-0.4, -0.2) is 28.5 Å². The largest absolute Gasteiger partial charge is 0.352 e. The molecule has 1 aliphatic rings. The lowest BCUT2D eigenvalue weighted by Gasteiger charge is -2.32. The maximum absolute atomic E-state index is 12.9. The van der Waals surface area contributed by atoms with Crippen molar-refractivity contribution in [3.05, 3.63) is 94.5 Å². The van der Waals surface area contributed by atoms with Crippen molar-refractivity contribution in [2.24, 2.45) is 5.92 Å². The van der Waals surface area contributed by atoms with Gasteiger partial charge in [0.2, 0.25) is 11.9 Å². The van der Waals surface area contributed by atoms with Crippen LogP contribution < -0.4 is 10.2 Å². The summed E-state index contributed by atoms with van der Waals surface area (Å²) in [6.07, 6.45) is 1.68. The van der Waals surface area contributed by atoms with Gasteiger partial charge in [-0.25, -0.2) is 4.98 Å². The molecule has 0 spiro atoms. The SMILES string of the molecule is Cc1ccc(C)c(Cn2c(N3CCC(C(=O)NCc4ccccc4C)CC3)nc3ccccc32)c1. The molecule has 3 aromatic carbocycles. The number of fused-ring (bicyclic) bond motifs is 1. The minimum absolute atomic E-state index is 0.0483. The predicted octanol–water partition coefficient (Wildman–Crippen LogP) is 5.54. The summed E-state index contributed by atoms with van der Waals surface area (Å²) in [6, 6.07) is 23.2. The number of nitrogens with one attached hydrogen (secondary N) is 1. The molecule has 1 aromatic heterocycles. The van der Waals surface area contributed by atoms with E-state index < -0.39 is 0 Å². The van der Waals surface area contributed by atoms with Crippen LogP contribution in [-0.2, 0) is 17.9 Å². The summed E-state index contributed by atoms with van der Waals surface area (Å²) in [6.45, 7) is 9.46. The standard InChI is InChI=1S/C30H34N4O/c1-21-12-13-23(3)26(18-21)20-34-28-11-7-6-10-27(28)32-30(34)33-16-14-24(15-17-33)29(35)31-19-25-9-5-4-8-22(25)2/h4-13,18,24H,14-17,19-20H2,1-3H3,(H,31,35). The van der Waals surface area contributed by atoms with Gasteiger partial charge in [0.05, 0.1) is 17.6 Å². The number of rotatable bonds is 6. The van der Waals surface area contributed by atoms with Gasteiger partial charge >= 0.3 is 0 Å². The summed E-state index contributed by atoms with van der Waals surface area (Å²) in [5.74, 6) is 1.22. The molecule has 5 nitrogen and oxygen atoms in total. The topological polar surface area (TPSA) is 50.2 Å². The quantitative estimate of drug-likeness (QED) is 0.406. The number of nitrogens with zero attached hydrogens (tertiary/aromatic N) is 3. The molecule has 0 aliphatic carbocycles. The number of para-hydroxylation sites is 2. The highest BCUT2D eigenvalue weighted by atomic mass is 16.1. The molecule has 1 N–H and O–H groups in total. The number of carbonyl (C=O) groups is 1. The summed E-state index contributed by atoms with van der Waals surface area (Å²) < 4.78 is 2.34. The molecule has 0 saturated carbocycles. The Morgan fingerprint density at radius 2 is 1.63 bits per heavy atom. The summed E-state index contributed by atoms with van der Waals surface area (Å²) >= 11 is 0. The van der Waals surface area contributed by atoms with Crippen molar-refractivity contribution in [3.8, 4) is 0 Å². The van der Waals surface area contributed by atoms with Crippen molar-refractivity contribution in [2.45, 2.75) is 46.7 Å². The molecule has 1 aliphatic heterocycles.